The Labute approximate surface area is 173 Å². The fourth-order valence-corrected chi connectivity index (χ4v) is 2.64. The third kappa shape index (κ3) is 6.23. The Morgan fingerprint density at radius 2 is 1.90 bits per heavy atom. The van der Waals surface area contributed by atoms with Crippen LogP contribution < -0.4 is 16.2 Å². The highest BCUT2D eigenvalue weighted by atomic mass is 16.6. The smallest absolute Gasteiger partial charge is 0.412 e. The van der Waals surface area contributed by atoms with Crippen molar-refractivity contribution < 1.29 is 24.5 Å². The number of nitrogens with zero attached hydrogens (tertiary/aromatic N) is 2. The Bertz CT molecular complexity index is 1010. The van der Waals surface area contributed by atoms with E-state index in [0.29, 0.717) is 5.56 Å². The molecule has 0 radical (unpaired) electrons. The fourth-order valence-electron chi connectivity index (χ4n) is 2.64. The lowest BCUT2D eigenvalue weighted by Crippen LogP contribution is -2.30. The maximum atomic E-state index is 12.8. The third-order valence-corrected chi connectivity index (χ3v) is 3.63. The Balaban J connectivity index is 2.51. The number of carboxylic acid groups (broad SMARTS) is 1. The summed E-state index contributed by atoms with van der Waals surface area (Å²) in [6.45, 7) is 8.17. The average molecular weight is 418 g/mol. The number of nitrogens with one attached hydrogen (secondary N) is 2. The van der Waals surface area contributed by atoms with Crippen molar-refractivity contribution in [3.63, 3.8) is 0 Å². The minimum Gasteiger partial charge on any atom is -0.508 e. The Kier molecular flexibility index (Phi) is 6.70. The van der Waals surface area contributed by atoms with Crippen LogP contribution in [0.5, 0.6) is 5.75 Å². The number of carbonyl (C=O) groups is 2. The zero-order valence-corrected chi connectivity index (χ0v) is 17.5. The number of rotatable bonds is 6. The lowest BCUT2D eigenvalue weighted by Gasteiger charge is -2.20. The van der Waals surface area contributed by atoms with Gasteiger partial charge < -0.3 is 20.3 Å². The van der Waals surface area contributed by atoms with Gasteiger partial charge in [-0.3, -0.25) is 19.5 Å². The number of carbonyl (C=O) groups excluding carboxylic acids is 1. The molecule has 0 aliphatic carbocycles. The molecule has 2 rings (SSSR count). The summed E-state index contributed by atoms with van der Waals surface area (Å²) in [5, 5.41) is 24.7. The van der Waals surface area contributed by atoms with E-state index in [1.54, 1.807) is 20.8 Å². The first-order valence-corrected chi connectivity index (χ1v) is 9.28. The predicted molar refractivity (Wildman–Crippen MR) is 112 cm³/mol. The first kappa shape index (κ1) is 22.7. The van der Waals surface area contributed by atoms with Gasteiger partial charge in [-0.05, 0) is 46.8 Å². The second-order valence-electron chi connectivity index (χ2n) is 7.97. The molecule has 4 N–H and O–H groups in total. The van der Waals surface area contributed by atoms with Crippen LogP contribution in [-0.2, 0) is 16.1 Å². The molecular formula is C20H26N4O6. The highest BCUT2D eigenvalue weighted by molar-refractivity contribution is 5.86. The lowest BCUT2D eigenvalue weighted by atomic mass is 10.1. The molecule has 10 heteroatoms. The molecule has 0 atom stereocenters. The highest BCUT2D eigenvalue weighted by Crippen LogP contribution is 2.28. The first-order valence-electron chi connectivity index (χ1n) is 9.28. The van der Waals surface area contributed by atoms with E-state index in [9.17, 15) is 24.6 Å². The topological polar surface area (TPSA) is 143 Å². The van der Waals surface area contributed by atoms with E-state index in [0.717, 1.165) is 4.57 Å². The van der Waals surface area contributed by atoms with Gasteiger partial charge in [0.05, 0.1) is 11.9 Å². The quantitative estimate of drug-likeness (QED) is 0.561. The standard InChI is InChI=1S/C20H26N4O6/c1-11(2)22-17-18(28)24(10-16(26)27)15(9-21-17)12-6-13(8-14(25)7-12)23-19(29)30-20(3,4)5/h6-9,11,25H,10H2,1-5H3,(H,21,22)(H,23,29)(H,26,27). The van der Waals surface area contributed by atoms with Crippen molar-refractivity contribution in [3.8, 4) is 17.0 Å². The zero-order valence-electron chi connectivity index (χ0n) is 17.5. The van der Waals surface area contributed by atoms with E-state index in [2.05, 4.69) is 15.6 Å². The van der Waals surface area contributed by atoms with Gasteiger partial charge in [-0.15, -0.1) is 0 Å². The highest BCUT2D eigenvalue weighted by Gasteiger charge is 2.19. The molecule has 162 valence electrons. The van der Waals surface area contributed by atoms with E-state index in [4.69, 9.17) is 4.74 Å². The van der Waals surface area contributed by atoms with Crippen molar-refractivity contribution in [3.05, 3.63) is 34.7 Å². The molecule has 0 unspecified atom stereocenters. The average Bonchev–Trinajstić information content (AvgIpc) is 2.55. The van der Waals surface area contributed by atoms with Crippen LogP contribution in [0, 0.1) is 0 Å². The number of aliphatic carboxylic acids is 1. The molecule has 0 fully saturated rings. The number of aromatic hydroxyl groups is 1. The van der Waals surface area contributed by atoms with E-state index in [1.165, 1.54) is 24.4 Å². The molecule has 1 aromatic carbocycles. The summed E-state index contributed by atoms with van der Waals surface area (Å²) >= 11 is 0. The van der Waals surface area contributed by atoms with Crippen molar-refractivity contribution in [1.82, 2.24) is 9.55 Å². The molecule has 1 heterocycles. The number of phenolic OH excluding ortho intramolecular Hbond substituents is 1. The van der Waals surface area contributed by atoms with Crippen LogP contribution in [-0.4, -0.2) is 43.5 Å². The van der Waals surface area contributed by atoms with Crippen LogP contribution in [0.25, 0.3) is 11.3 Å². The van der Waals surface area contributed by atoms with Crippen molar-refractivity contribution >= 4 is 23.6 Å². The molecular weight excluding hydrogens is 392 g/mol. The van der Waals surface area contributed by atoms with Gasteiger partial charge in [-0.2, -0.15) is 0 Å². The number of phenols is 1. The number of aromatic nitrogens is 2. The van der Waals surface area contributed by atoms with Gasteiger partial charge in [-0.1, -0.05) is 0 Å². The molecule has 1 aromatic heterocycles. The second-order valence-corrected chi connectivity index (χ2v) is 7.97. The Hall–Kier alpha value is -3.56. The Morgan fingerprint density at radius 1 is 1.23 bits per heavy atom. The number of amides is 1. The molecule has 0 bridgehead atoms. The molecule has 0 spiro atoms. The van der Waals surface area contributed by atoms with E-state index in [1.807, 2.05) is 13.8 Å². The maximum Gasteiger partial charge on any atom is 0.412 e. The summed E-state index contributed by atoms with van der Waals surface area (Å²) in [5.74, 6) is -1.40. The summed E-state index contributed by atoms with van der Waals surface area (Å²) in [6.07, 6.45) is 0.609. The predicted octanol–water partition coefficient (Wildman–Crippen LogP) is 2.87. The SMILES string of the molecule is CC(C)Nc1ncc(-c2cc(O)cc(NC(=O)OC(C)(C)C)c2)n(CC(=O)O)c1=O. The minimum absolute atomic E-state index is 0.0160. The fraction of sp³-hybridized carbons (Fsp3) is 0.400. The molecule has 1 amide bonds. The van der Waals surface area contributed by atoms with E-state index < -0.39 is 29.8 Å². The molecule has 0 saturated carbocycles. The van der Waals surface area contributed by atoms with Gasteiger partial charge in [0.25, 0.3) is 5.56 Å². The van der Waals surface area contributed by atoms with Gasteiger partial charge in [0.15, 0.2) is 5.82 Å². The number of anilines is 2. The van der Waals surface area contributed by atoms with Gasteiger partial charge in [0.1, 0.15) is 17.9 Å². The minimum atomic E-state index is -1.22. The number of hydrogen-bond acceptors (Lipinski definition) is 7. The normalized spacial score (nSPS) is 11.3. The molecule has 0 aliphatic rings. The number of hydrogen-bond donors (Lipinski definition) is 4. The molecule has 2 aromatic rings. The first-order chi connectivity index (χ1) is 13.9. The monoisotopic (exact) mass is 418 g/mol. The zero-order chi connectivity index (χ0) is 22.6. The van der Waals surface area contributed by atoms with Gasteiger partial charge in [0.2, 0.25) is 0 Å². The summed E-state index contributed by atoms with van der Waals surface area (Å²) in [6, 6.07) is 4.04. The van der Waals surface area contributed by atoms with Crippen LogP contribution in [0.4, 0.5) is 16.3 Å². The molecule has 10 nitrogen and oxygen atoms in total. The summed E-state index contributed by atoms with van der Waals surface area (Å²) < 4.78 is 6.22. The van der Waals surface area contributed by atoms with Crippen molar-refractivity contribution in [1.29, 1.82) is 0 Å². The Morgan fingerprint density at radius 3 is 2.47 bits per heavy atom. The van der Waals surface area contributed by atoms with E-state index in [-0.39, 0.29) is 29.0 Å². The number of benzene rings is 1. The summed E-state index contributed by atoms with van der Waals surface area (Å²) in [5.41, 5.74) is -0.663. The van der Waals surface area contributed by atoms with Gasteiger partial charge in [0, 0.05) is 23.4 Å². The molecule has 0 aliphatic heterocycles. The summed E-state index contributed by atoms with van der Waals surface area (Å²) in [7, 11) is 0. The molecule has 30 heavy (non-hydrogen) atoms. The third-order valence-electron chi connectivity index (χ3n) is 3.63. The van der Waals surface area contributed by atoms with Gasteiger partial charge in [-0.25, -0.2) is 9.78 Å². The van der Waals surface area contributed by atoms with Crippen LogP contribution in [0.2, 0.25) is 0 Å². The van der Waals surface area contributed by atoms with E-state index >= 15 is 0 Å². The van der Waals surface area contributed by atoms with Crippen LogP contribution in [0.15, 0.2) is 29.2 Å². The van der Waals surface area contributed by atoms with Crippen LogP contribution in [0.1, 0.15) is 34.6 Å². The number of ether oxygens (including phenoxy) is 1. The van der Waals surface area contributed by atoms with Gasteiger partial charge >= 0.3 is 12.1 Å². The lowest BCUT2D eigenvalue weighted by molar-refractivity contribution is -0.137. The summed E-state index contributed by atoms with van der Waals surface area (Å²) in [4.78, 5) is 40.2. The molecule has 0 saturated heterocycles. The van der Waals surface area contributed by atoms with Crippen LogP contribution in [0.3, 0.4) is 0 Å². The van der Waals surface area contributed by atoms with Crippen molar-refractivity contribution in [2.75, 3.05) is 10.6 Å². The maximum absolute atomic E-state index is 12.8. The van der Waals surface area contributed by atoms with Crippen molar-refractivity contribution in [2.45, 2.75) is 52.8 Å². The largest absolute Gasteiger partial charge is 0.508 e. The van der Waals surface area contributed by atoms with Crippen molar-refractivity contribution in [2.24, 2.45) is 0 Å². The second kappa shape index (κ2) is 8.85. The van der Waals surface area contributed by atoms with Crippen LogP contribution >= 0.6 is 0 Å². The number of carboxylic acids is 1.